The summed E-state index contributed by atoms with van der Waals surface area (Å²) in [5.74, 6) is 0.138. The molecule has 2 N–H and O–H groups in total. The van der Waals surface area contributed by atoms with E-state index in [4.69, 9.17) is 4.74 Å². The van der Waals surface area contributed by atoms with Crippen LogP contribution in [0.3, 0.4) is 0 Å². The molecule has 5 nitrogen and oxygen atoms in total. The number of nitrogens with zero attached hydrogens (tertiary/aromatic N) is 1. The summed E-state index contributed by atoms with van der Waals surface area (Å²) in [5.41, 5.74) is 0.0500. The summed E-state index contributed by atoms with van der Waals surface area (Å²) in [6, 6.07) is 1.25. The van der Waals surface area contributed by atoms with Gasteiger partial charge in [0, 0.05) is 0 Å². The molecule has 1 aliphatic rings. The van der Waals surface area contributed by atoms with E-state index < -0.39 is 12.3 Å². The number of hydrogen-bond acceptors (Lipinski definition) is 4. The normalized spacial score (nSPS) is 21.2. The van der Waals surface area contributed by atoms with Gasteiger partial charge in [0.15, 0.2) is 5.75 Å². The Bertz CT molecular complexity index is 630. The number of thiophene rings is 1. The Kier molecular flexibility index (Phi) is 4.37. The average molecular weight is 327 g/mol. The molecule has 0 aliphatic heterocycles. The van der Waals surface area contributed by atoms with Gasteiger partial charge in [-0.2, -0.15) is 5.10 Å². The standard InChI is InChI=1S/C14H15F2N3O2S/c15-13(16)12-9(4-5-22-12)14(20)19-10-2-1-3-11(10)21-8-6-17-18-7-8/h4-7,10-11,13H,1-3H2,(H,17,18)(H,19,20)/t10-,11+/m1/s1. The molecule has 0 aromatic carbocycles. The van der Waals surface area contributed by atoms with Gasteiger partial charge in [-0.3, -0.25) is 9.89 Å². The van der Waals surface area contributed by atoms with Crippen molar-refractivity contribution in [3.63, 3.8) is 0 Å². The Morgan fingerprint density at radius 1 is 1.50 bits per heavy atom. The van der Waals surface area contributed by atoms with Crippen LogP contribution in [-0.4, -0.2) is 28.3 Å². The third kappa shape index (κ3) is 3.11. The zero-order valence-corrected chi connectivity index (χ0v) is 12.4. The number of aromatic nitrogens is 2. The molecule has 1 amide bonds. The minimum atomic E-state index is -2.64. The molecular weight excluding hydrogens is 312 g/mol. The highest BCUT2D eigenvalue weighted by Gasteiger charge is 2.32. The second-order valence-electron chi connectivity index (χ2n) is 5.10. The van der Waals surface area contributed by atoms with Crippen molar-refractivity contribution in [1.82, 2.24) is 15.5 Å². The van der Waals surface area contributed by atoms with E-state index in [1.807, 2.05) is 0 Å². The van der Waals surface area contributed by atoms with Gasteiger partial charge in [0.2, 0.25) is 0 Å². The SMILES string of the molecule is O=C(N[C@@H]1CCC[C@@H]1Oc1cn[nH]c1)c1ccsc1C(F)F. The molecule has 3 rings (SSSR count). The Balaban J connectivity index is 1.66. The Labute approximate surface area is 129 Å². The second-order valence-corrected chi connectivity index (χ2v) is 6.05. The molecule has 1 aliphatic carbocycles. The van der Waals surface area contributed by atoms with E-state index in [0.717, 1.165) is 30.6 Å². The summed E-state index contributed by atoms with van der Waals surface area (Å²) >= 11 is 0.894. The summed E-state index contributed by atoms with van der Waals surface area (Å²) in [7, 11) is 0. The van der Waals surface area contributed by atoms with Gasteiger partial charge < -0.3 is 10.1 Å². The number of alkyl halides is 2. The highest BCUT2D eigenvalue weighted by molar-refractivity contribution is 7.10. The zero-order chi connectivity index (χ0) is 15.5. The van der Waals surface area contributed by atoms with Crippen LogP contribution in [0.1, 0.15) is 40.9 Å². The quantitative estimate of drug-likeness (QED) is 0.886. The Morgan fingerprint density at radius 2 is 2.36 bits per heavy atom. The van der Waals surface area contributed by atoms with Crippen molar-refractivity contribution < 1.29 is 18.3 Å². The van der Waals surface area contributed by atoms with E-state index in [9.17, 15) is 13.6 Å². The van der Waals surface area contributed by atoms with Crippen LogP contribution in [0.2, 0.25) is 0 Å². The number of amides is 1. The molecule has 0 saturated heterocycles. The predicted octanol–water partition coefficient (Wildman–Crippen LogP) is 3.14. The van der Waals surface area contributed by atoms with Crippen LogP contribution < -0.4 is 10.1 Å². The smallest absolute Gasteiger partial charge is 0.273 e. The first-order valence-electron chi connectivity index (χ1n) is 6.97. The number of carbonyl (C=O) groups excluding carboxylic acids is 1. The number of carbonyl (C=O) groups is 1. The Morgan fingerprint density at radius 3 is 3.09 bits per heavy atom. The van der Waals surface area contributed by atoms with Crippen molar-refractivity contribution in [1.29, 1.82) is 0 Å². The number of ether oxygens (including phenoxy) is 1. The third-order valence-corrected chi connectivity index (χ3v) is 4.59. The molecule has 1 saturated carbocycles. The summed E-state index contributed by atoms with van der Waals surface area (Å²) < 4.78 is 31.5. The average Bonchev–Trinajstić information content (AvgIpc) is 3.20. The first-order chi connectivity index (χ1) is 10.6. The van der Waals surface area contributed by atoms with Gasteiger partial charge >= 0.3 is 0 Å². The zero-order valence-electron chi connectivity index (χ0n) is 11.6. The molecule has 0 bridgehead atoms. The maximum Gasteiger partial charge on any atom is 0.273 e. The van der Waals surface area contributed by atoms with Crippen molar-refractivity contribution in [3.8, 4) is 5.75 Å². The molecule has 0 radical (unpaired) electrons. The lowest BCUT2D eigenvalue weighted by atomic mass is 10.1. The van der Waals surface area contributed by atoms with Crippen LogP contribution in [0.25, 0.3) is 0 Å². The van der Waals surface area contributed by atoms with E-state index in [0.29, 0.717) is 5.75 Å². The molecule has 2 aromatic heterocycles. The molecule has 0 spiro atoms. The van der Waals surface area contributed by atoms with Crippen LogP contribution in [0, 0.1) is 0 Å². The van der Waals surface area contributed by atoms with Gasteiger partial charge in [0.05, 0.1) is 28.9 Å². The van der Waals surface area contributed by atoms with Crippen LogP contribution in [0.4, 0.5) is 8.78 Å². The fourth-order valence-electron chi connectivity index (χ4n) is 2.63. The number of H-pyrrole nitrogens is 1. The lowest BCUT2D eigenvalue weighted by Crippen LogP contribution is -2.42. The van der Waals surface area contributed by atoms with E-state index in [1.165, 1.54) is 11.4 Å². The Hall–Kier alpha value is -1.96. The number of halogens is 2. The third-order valence-electron chi connectivity index (χ3n) is 3.67. The van der Waals surface area contributed by atoms with E-state index >= 15 is 0 Å². The van der Waals surface area contributed by atoms with Gasteiger partial charge in [-0.1, -0.05) is 0 Å². The van der Waals surface area contributed by atoms with Crippen molar-refractivity contribution in [2.45, 2.75) is 37.8 Å². The maximum absolute atomic E-state index is 12.9. The molecule has 1 fully saturated rings. The largest absolute Gasteiger partial charge is 0.485 e. The summed E-state index contributed by atoms with van der Waals surface area (Å²) in [6.07, 6.45) is 2.87. The van der Waals surface area contributed by atoms with E-state index in [2.05, 4.69) is 15.5 Å². The van der Waals surface area contributed by atoms with Gasteiger partial charge in [-0.25, -0.2) is 8.78 Å². The monoisotopic (exact) mass is 327 g/mol. The topological polar surface area (TPSA) is 67.0 Å². The van der Waals surface area contributed by atoms with Gasteiger partial charge in [0.1, 0.15) is 6.10 Å². The molecule has 2 atom stereocenters. The van der Waals surface area contributed by atoms with Crippen LogP contribution in [-0.2, 0) is 0 Å². The lowest BCUT2D eigenvalue weighted by molar-refractivity contribution is 0.0884. The minimum absolute atomic E-state index is 0.0500. The van der Waals surface area contributed by atoms with Crippen LogP contribution in [0.5, 0.6) is 5.75 Å². The predicted molar refractivity (Wildman–Crippen MR) is 77.4 cm³/mol. The molecule has 8 heteroatoms. The fraction of sp³-hybridized carbons (Fsp3) is 0.429. The van der Waals surface area contributed by atoms with E-state index in [1.54, 1.807) is 12.4 Å². The molecule has 2 aromatic rings. The first kappa shape index (κ1) is 15.0. The number of hydrogen-bond donors (Lipinski definition) is 2. The number of rotatable bonds is 5. The molecule has 2 heterocycles. The molecule has 118 valence electrons. The van der Waals surface area contributed by atoms with Crippen LogP contribution >= 0.6 is 11.3 Å². The number of aromatic amines is 1. The molecular formula is C14H15F2N3O2S. The van der Waals surface area contributed by atoms with Crippen molar-refractivity contribution in [2.75, 3.05) is 0 Å². The first-order valence-corrected chi connectivity index (χ1v) is 7.85. The van der Waals surface area contributed by atoms with Crippen molar-refractivity contribution >= 4 is 17.2 Å². The number of nitrogens with one attached hydrogen (secondary N) is 2. The van der Waals surface area contributed by atoms with Gasteiger partial charge in [-0.05, 0) is 30.7 Å². The lowest BCUT2D eigenvalue weighted by Gasteiger charge is -2.21. The second kappa shape index (κ2) is 6.43. The fourth-order valence-corrected chi connectivity index (χ4v) is 3.38. The van der Waals surface area contributed by atoms with Gasteiger partial charge in [-0.15, -0.1) is 11.3 Å². The van der Waals surface area contributed by atoms with E-state index in [-0.39, 0.29) is 22.6 Å². The van der Waals surface area contributed by atoms with Gasteiger partial charge in [0.25, 0.3) is 12.3 Å². The molecule has 22 heavy (non-hydrogen) atoms. The summed E-state index contributed by atoms with van der Waals surface area (Å²) in [5, 5.41) is 10.8. The molecule has 0 unspecified atom stereocenters. The summed E-state index contributed by atoms with van der Waals surface area (Å²) in [4.78, 5) is 12.0. The van der Waals surface area contributed by atoms with Crippen LogP contribution in [0.15, 0.2) is 23.8 Å². The minimum Gasteiger partial charge on any atom is -0.485 e. The van der Waals surface area contributed by atoms with Crippen molar-refractivity contribution in [2.24, 2.45) is 0 Å². The van der Waals surface area contributed by atoms with Crippen molar-refractivity contribution in [3.05, 3.63) is 34.3 Å². The maximum atomic E-state index is 12.9. The summed E-state index contributed by atoms with van der Waals surface area (Å²) in [6.45, 7) is 0. The highest BCUT2D eigenvalue weighted by Crippen LogP contribution is 2.29. The highest BCUT2D eigenvalue weighted by atomic mass is 32.1.